The molecule has 2 aromatic carbocycles. The van der Waals surface area contributed by atoms with E-state index in [9.17, 15) is 14.3 Å². The molecule has 186 valence electrons. The van der Waals surface area contributed by atoms with E-state index in [0.29, 0.717) is 51.7 Å². The smallest absolute Gasteiger partial charge is 0.283 e. The Morgan fingerprint density at radius 3 is 2.78 bits per heavy atom. The lowest BCUT2D eigenvalue weighted by atomic mass is 10.1. The number of aromatic nitrogens is 6. The largest absolute Gasteiger partial charge is 0.508 e. The van der Waals surface area contributed by atoms with Crippen molar-refractivity contribution in [2.45, 2.75) is 20.0 Å². The van der Waals surface area contributed by atoms with Gasteiger partial charge in [0.25, 0.3) is 5.56 Å². The molecule has 0 fully saturated rings. The van der Waals surface area contributed by atoms with Gasteiger partial charge in [-0.05, 0) is 30.7 Å². The second-order valence-electron chi connectivity index (χ2n) is 8.81. The number of halogens is 1. The molecule has 4 heterocycles. The first-order valence-electron chi connectivity index (χ1n) is 11.5. The van der Waals surface area contributed by atoms with Crippen LogP contribution in [0.4, 0.5) is 15.9 Å². The van der Waals surface area contributed by atoms with E-state index in [1.165, 1.54) is 18.5 Å². The summed E-state index contributed by atoms with van der Waals surface area (Å²) in [5, 5.41) is 16.7. The van der Waals surface area contributed by atoms with Crippen molar-refractivity contribution in [3.8, 4) is 22.7 Å². The molecule has 0 unspecified atom stereocenters. The second-order valence-corrected chi connectivity index (χ2v) is 8.81. The zero-order valence-corrected chi connectivity index (χ0v) is 20.0. The molecule has 0 aliphatic carbocycles. The number of nitrogens with one attached hydrogen (secondary N) is 1. The monoisotopic (exact) mass is 499 g/mol. The first kappa shape index (κ1) is 22.6. The summed E-state index contributed by atoms with van der Waals surface area (Å²) < 4.78 is 17.3. The highest BCUT2D eigenvalue weighted by Gasteiger charge is 2.27. The number of nitrogens with zero attached hydrogens (tertiary/aromatic N) is 7. The molecule has 6 rings (SSSR count). The van der Waals surface area contributed by atoms with Crippen LogP contribution in [-0.4, -0.2) is 41.5 Å². The molecule has 3 aromatic heterocycles. The molecular weight excluding hydrogens is 477 g/mol. The first-order chi connectivity index (χ1) is 17.8. The summed E-state index contributed by atoms with van der Waals surface area (Å²) in [7, 11) is 1.78. The number of hydrogen-bond donors (Lipinski definition) is 3. The Bertz CT molecular complexity index is 1740. The lowest BCUT2D eigenvalue weighted by Crippen LogP contribution is -2.34. The van der Waals surface area contributed by atoms with Crippen LogP contribution < -0.4 is 21.7 Å². The average Bonchev–Trinajstić information content (AvgIpc) is 3.41. The molecule has 0 spiro atoms. The summed E-state index contributed by atoms with van der Waals surface area (Å²) in [4.78, 5) is 27.0. The molecule has 0 saturated heterocycles. The van der Waals surface area contributed by atoms with Crippen LogP contribution in [0.25, 0.3) is 28.0 Å². The number of hydrogen-bond acceptors (Lipinski definition) is 9. The van der Waals surface area contributed by atoms with Gasteiger partial charge in [0.1, 0.15) is 47.5 Å². The molecule has 1 aliphatic heterocycles. The van der Waals surface area contributed by atoms with E-state index >= 15 is 0 Å². The van der Waals surface area contributed by atoms with Gasteiger partial charge in [0, 0.05) is 18.7 Å². The van der Waals surface area contributed by atoms with Gasteiger partial charge in [0.05, 0.1) is 23.3 Å². The van der Waals surface area contributed by atoms with E-state index in [1.54, 1.807) is 21.3 Å². The van der Waals surface area contributed by atoms with E-state index in [2.05, 4.69) is 20.5 Å². The number of phenols is 1. The fourth-order valence-electron chi connectivity index (χ4n) is 4.69. The fraction of sp³-hybridized carbons (Fsp3) is 0.160. The molecule has 0 atom stereocenters. The van der Waals surface area contributed by atoms with Gasteiger partial charge in [-0.3, -0.25) is 9.36 Å². The maximum Gasteiger partial charge on any atom is 0.283 e. The average molecular weight is 500 g/mol. The molecule has 37 heavy (non-hydrogen) atoms. The number of para-hydroxylation sites is 1. The van der Waals surface area contributed by atoms with Gasteiger partial charge in [-0.2, -0.15) is 5.10 Å². The van der Waals surface area contributed by atoms with Crippen LogP contribution >= 0.6 is 0 Å². The number of nitrogen functional groups attached to an aromatic ring is 1. The van der Waals surface area contributed by atoms with Gasteiger partial charge in [-0.15, -0.1) is 0 Å². The number of aromatic hydroxyl groups is 1. The predicted molar refractivity (Wildman–Crippen MR) is 136 cm³/mol. The summed E-state index contributed by atoms with van der Waals surface area (Å²) in [5.74, 6) is -0.291. The van der Waals surface area contributed by atoms with Crippen LogP contribution in [-0.2, 0) is 13.1 Å². The Balaban J connectivity index is 1.59. The standard InChI is InChI=1S/C25H22FN9O2/c1-13-5-3-4-6-18(13)35-19(31-17-10-30-33(2)22(17)25(35)37)11-34-24-20(23(27)28-12-29-24)21(32-34)14-7-15(26)9-16(36)8-14/h3-9,12,30,36H,10-11H2,1-2H3,(H2,27,28,29). The van der Waals surface area contributed by atoms with Crippen molar-refractivity contribution in [1.82, 2.24) is 34.7 Å². The predicted octanol–water partition coefficient (Wildman–Crippen LogP) is 2.28. The lowest BCUT2D eigenvalue weighted by Gasteiger charge is -2.18. The Morgan fingerprint density at radius 2 is 2.00 bits per heavy atom. The highest BCUT2D eigenvalue weighted by Crippen LogP contribution is 2.33. The Labute approximate surface area is 209 Å². The molecule has 0 amide bonds. The minimum atomic E-state index is -0.626. The van der Waals surface area contributed by atoms with Gasteiger partial charge < -0.3 is 15.8 Å². The van der Waals surface area contributed by atoms with Crippen LogP contribution in [0.3, 0.4) is 0 Å². The number of hydrazine groups is 1. The summed E-state index contributed by atoms with van der Waals surface area (Å²) in [6.45, 7) is 2.40. The quantitative estimate of drug-likeness (QED) is 0.340. The summed E-state index contributed by atoms with van der Waals surface area (Å²) in [5.41, 5.74) is 12.8. The van der Waals surface area contributed by atoms with E-state index in [4.69, 9.17) is 10.7 Å². The van der Waals surface area contributed by atoms with E-state index in [1.807, 2.05) is 31.2 Å². The van der Waals surface area contributed by atoms with Crippen molar-refractivity contribution in [3.63, 3.8) is 0 Å². The molecule has 4 N–H and O–H groups in total. The Hall–Kier alpha value is -4.84. The third-order valence-corrected chi connectivity index (χ3v) is 6.38. The van der Waals surface area contributed by atoms with Crippen molar-refractivity contribution in [3.05, 3.63) is 82.0 Å². The molecule has 0 bridgehead atoms. The highest BCUT2D eigenvalue weighted by atomic mass is 19.1. The normalized spacial score (nSPS) is 12.9. The number of benzene rings is 2. The van der Waals surface area contributed by atoms with Gasteiger partial charge >= 0.3 is 0 Å². The Kier molecular flexibility index (Phi) is 5.12. The van der Waals surface area contributed by atoms with Gasteiger partial charge in [0.15, 0.2) is 5.65 Å². The van der Waals surface area contributed by atoms with Gasteiger partial charge in [-0.1, -0.05) is 18.2 Å². The van der Waals surface area contributed by atoms with Crippen LogP contribution in [0, 0.1) is 12.7 Å². The minimum absolute atomic E-state index is 0.0643. The third kappa shape index (κ3) is 3.65. The molecule has 0 saturated carbocycles. The minimum Gasteiger partial charge on any atom is -0.508 e. The molecule has 5 aromatic rings. The molecule has 12 heteroatoms. The maximum absolute atomic E-state index is 14.1. The van der Waals surface area contributed by atoms with Crippen molar-refractivity contribution in [2.75, 3.05) is 17.8 Å². The molecular formula is C25H22FN9O2. The fourth-order valence-corrected chi connectivity index (χ4v) is 4.69. The van der Waals surface area contributed by atoms with Gasteiger partial charge in [0.2, 0.25) is 0 Å². The Morgan fingerprint density at radius 1 is 1.19 bits per heavy atom. The SMILES string of the molecule is Cc1ccccc1-n1c(Cn2nc(-c3cc(O)cc(F)c3)c3c(N)ncnc32)nc2c(c1=O)N(C)NC2. The number of fused-ring (bicyclic) bond motifs is 2. The topological polar surface area (TPSA) is 140 Å². The van der Waals surface area contributed by atoms with Crippen molar-refractivity contribution < 1.29 is 9.50 Å². The van der Waals surface area contributed by atoms with E-state index in [0.717, 1.165) is 11.6 Å². The number of rotatable bonds is 4. The van der Waals surface area contributed by atoms with Crippen molar-refractivity contribution in [2.24, 2.45) is 0 Å². The first-order valence-corrected chi connectivity index (χ1v) is 11.5. The van der Waals surface area contributed by atoms with Gasteiger partial charge in [-0.25, -0.2) is 29.4 Å². The lowest BCUT2D eigenvalue weighted by molar-refractivity contribution is 0.469. The third-order valence-electron chi connectivity index (χ3n) is 6.38. The molecule has 11 nitrogen and oxygen atoms in total. The molecule has 0 radical (unpaired) electrons. The van der Waals surface area contributed by atoms with E-state index in [-0.39, 0.29) is 23.7 Å². The van der Waals surface area contributed by atoms with E-state index < -0.39 is 5.82 Å². The maximum atomic E-state index is 14.1. The second kappa shape index (κ2) is 8.38. The van der Waals surface area contributed by atoms with Crippen LogP contribution in [0.2, 0.25) is 0 Å². The summed E-state index contributed by atoms with van der Waals surface area (Å²) in [6, 6.07) is 11.2. The number of anilines is 2. The number of aryl methyl sites for hydroxylation is 1. The van der Waals surface area contributed by atoms with Crippen molar-refractivity contribution >= 4 is 22.5 Å². The summed E-state index contributed by atoms with van der Waals surface area (Å²) >= 11 is 0. The van der Waals surface area contributed by atoms with Crippen LogP contribution in [0.15, 0.2) is 53.6 Å². The number of nitrogens with two attached hydrogens (primary N) is 1. The molecule has 1 aliphatic rings. The number of phenolic OH excluding ortho intramolecular Hbond substituents is 1. The van der Waals surface area contributed by atoms with Crippen molar-refractivity contribution in [1.29, 1.82) is 0 Å². The zero-order chi connectivity index (χ0) is 25.8. The zero-order valence-electron chi connectivity index (χ0n) is 20.0. The van der Waals surface area contributed by atoms with Crippen LogP contribution in [0.1, 0.15) is 17.1 Å². The van der Waals surface area contributed by atoms with Crippen LogP contribution in [0.5, 0.6) is 5.75 Å². The highest BCUT2D eigenvalue weighted by molar-refractivity contribution is 5.98. The summed E-state index contributed by atoms with van der Waals surface area (Å²) in [6.07, 6.45) is 1.31.